The predicted octanol–water partition coefficient (Wildman–Crippen LogP) is 3.61. The monoisotopic (exact) mass is 242 g/mol. The van der Waals surface area contributed by atoms with Gasteiger partial charge in [0.05, 0.1) is 11.7 Å². The fraction of sp³-hybridized carbons (Fsp3) is 0.533. The smallest absolute Gasteiger partial charge is 0.150 e. The summed E-state index contributed by atoms with van der Waals surface area (Å²) in [4.78, 5) is 0. The second kappa shape index (κ2) is 4.09. The van der Waals surface area contributed by atoms with Crippen LogP contribution in [0, 0.1) is 0 Å². The SMILES string of the molecule is c1cc(C2CC2)c2cnn(C3CCCCO3)c2c1. The maximum atomic E-state index is 5.85. The molecule has 1 unspecified atom stereocenters. The lowest BCUT2D eigenvalue weighted by molar-refractivity contribution is -0.0366. The Balaban J connectivity index is 1.79. The summed E-state index contributed by atoms with van der Waals surface area (Å²) in [6.45, 7) is 0.869. The van der Waals surface area contributed by atoms with E-state index in [0.29, 0.717) is 0 Å². The topological polar surface area (TPSA) is 27.1 Å². The molecule has 2 heterocycles. The third-order valence-corrected chi connectivity index (χ3v) is 4.12. The van der Waals surface area contributed by atoms with E-state index in [-0.39, 0.29) is 6.23 Å². The zero-order valence-electron chi connectivity index (χ0n) is 10.5. The molecular formula is C15H18N2O. The van der Waals surface area contributed by atoms with E-state index < -0.39 is 0 Å². The van der Waals surface area contributed by atoms with E-state index in [9.17, 15) is 0 Å². The number of rotatable bonds is 2. The van der Waals surface area contributed by atoms with Gasteiger partial charge in [0.1, 0.15) is 0 Å². The second-order valence-electron chi connectivity index (χ2n) is 5.46. The Bertz CT molecular complexity index is 565. The lowest BCUT2D eigenvalue weighted by Gasteiger charge is -2.23. The molecule has 3 heteroatoms. The molecule has 1 aromatic heterocycles. The number of fused-ring (bicyclic) bond motifs is 1. The lowest BCUT2D eigenvalue weighted by Crippen LogP contribution is -2.18. The maximum Gasteiger partial charge on any atom is 0.150 e. The largest absolute Gasteiger partial charge is 0.356 e. The minimum absolute atomic E-state index is 0.144. The van der Waals surface area contributed by atoms with E-state index in [2.05, 4.69) is 28.0 Å². The molecule has 18 heavy (non-hydrogen) atoms. The Labute approximate surface area is 107 Å². The minimum atomic E-state index is 0.144. The van der Waals surface area contributed by atoms with Crippen LogP contribution < -0.4 is 0 Å². The summed E-state index contributed by atoms with van der Waals surface area (Å²) in [7, 11) is 0. The van der Waals surface area contributed by atoms with Crippen LogP contribution in [0.5, 0.6) is 0 Å². The third-order valence-electron chi connectivity index (χ3n) is 4.12. The molecule has 2 aliphatic rings. The van der Waals surface area contributed by atoms with Gasteiger partial charge in [0, 0.05) is 12.0 Å². The van der Waals surface area contributed by atoms with Crippen LogP contribution >= 0.6 is 0 Å². The number of hydrogen-bond donors (Lipinski definition) is 0. The molecule has 1 saturated heterocycles. The molecule has 2 aromatic rings. The normalized spacial score (nSPS) is 24.6. The Hall–Kier alpha value is -1.35. The van der Waals surface area contributed by atoms with Crippen molar-refractivity contribution < 1.29 is 4.74 Å². The number of hydrogen-bond acceptors (Lipinski definition) is 2. The Morgan fingerprint density at radius 3 is 2.89 bits per heavy atom. The van der Waals surface area contributed by atoms with E-state index >= 15 is 0 Å². The van der Waals surface area contributed by atoms with Gasteiger partial charge in [-0.15, -0.1) is 0 Å². The van der Waals surface area contributed by atoms with Crippen LogP contribution in [0.15, 0.2) is 24.4 Å². The predicted molar refractivity (Wildman–Crippen MR) is 70.5 cm³/mol. The van der Waals surface area contributed by atoms with Crippen LogP contribution in [-0.2, 0) is 4.74 Å². The highest BCUT2D eigenvalue weighted by Gasteiger charge is 2.27. The molecule has 1 saturated carbocycles. The lowest BCUT2D eigenvalue weighted by atomic mass is 10.1. The van der Waals surface area contributed by atoms with Gasteiger partial charge in [-0.3, -0.25) is 0 Å². The molecule has 4 rings (SSSR count). The first-order valence-corrected chi connectivity index (χ1v) is 7.01. The minimum Gasteiger partial charge on any atom is -0.356 e. The van der Waals surface area contributed by atoms with Crippen molar-refractivity contribution in [3.05, 3.63) is 30.0 Å². The van der Waals surface area contributed by atoms with Crippen molar-refractivity contribution in [2.24, 2.45) is 0 Å². The Morgan fingerprint density at radius 2 is 2.11 bits per heavy atom. The molecule has 2 fully saturated rings. The highest BCUT2D eigenvalue weighted by molar-refractivity contribution is 5.83. The molecule has 1 aromatic carbocycles. The van der Waals surface area contributed by atoms with Crippen LogP contribution in [0.4, 0.5) is 0 Å². The summed E-state index contributed by atoms with van der Waals surface area (Å²) in [5, 5.41) is 5.91. The second-order valence-corrected chi connectivity index (χ2v) is 5.46. The van der Waals surface area contributed by atoms with Gasteiger partial charge >= 0.3 is 0 Å². The summed E-state index contributed by atoms with van der Waals surface area (Å²) in [6, 6.07) is 6.59. The van der Waals surface area contributed by atoms with Crippen LogP contribution in [-0.4, -0.2) is 16.4 Å². The highest BCUT2D eigenvalue weighted by Crippen LogP contribution is 2.43. The van der Waals surface area contributed by atoms with Crippen LogP contribution in [0.1, 0.15) is 49.8 Å². The molecule has 0 amide bonds. The first kappa shape index (κ1) is 10.6. The molecule has 94 valence electrons. The molecule has 1 aliphatic carbocycles. The molecule has 0 bridgehead atoms. The quantitative estimate of drug-likeness (QED) is 0.804. The van der Waals surface area contributed by atoms with E-state index in [1.165, 1.54) is 42.1 Å². The summed E-state index contributed by atoms with van der Waals surface area (Å²) < 4.78 is 7.93. The van der Waals surface area contributed by atoms with Gasteiger partial charge in [-0.2, -0.15) is 5.10 Å². The van der Waals surface area contributed by atoms with Crippen molar-refractivity contribution in [3.8, 4) is 0 Å². The van der Waals surface area contributed by atoms with Gasteiger partial charge in [0.2, 0.25) is 0 Å². The molecule has 1 aliphatic heterocycles. The van der Waals surface area contributed by atoms with Gasteiger partial charge in [0.15, 0.2) is 6.23 Å². The summed E-state index contributed by atoms with van der Waals surface area (Å²) in [5.41, 5.74) is 2.72. The maximum absolute atomic E-state index is 5.85. The number of nitrogens with zero attached hydrogens (tertiary/aromatic N) is 2. The van der Waals surface area contributed by atoms with Gasteiger partial charge in [-0.25, -0.2) is 4.68 Å². The van der Waals surface area contributed by atoms with Gasteiger partial charge in [0.25, 0.3) is 0 Å². The van der Waals surface area contributed by atoms with E-state index in [0.717, 1.165) is 18.9 Å². The van der Waals surface area contributed by atoms with E-state index in [4.69, 9.17) is 4.74 Å². The zero-order chi connectivity index (χ0) is 11.9. The standard InChI is InChI=1S/C15H18N2O/c1-2-9-18-15(6-1)17-14-5-3-4-12(11-7-8-11)13(14)10-16-17/h3-5,10-11,15H,1-2,6-9H2. The Kier molecular flexibility index (Phi) is 2.40. The Morgan fingerprint density at radius 1 is 1.17 bits per heavy atom. The molecular weight excluding hydrogens is 224 g/mol. The fourth-order valence-electron chi connectivity index (χ4n) is 2.99. The number of benzene rings is 1. The highest BCUT2D eigenvalue weighted by atomic mass is 16.5. The van der Waals surface area contributed by atoms with E-state index in [1.54, 1.807) is 0 Å². The molecule has 0 N–H and O–H groups in total. The zero-order valence-corrected chi connectivity index (χ0v) is 10.5. The van der Waals surface area contributed by atoms with Crippen molar-refractivity contribution in [2.45, 2.75) is 44.2 Å². The molecule has 3 nitrogen and oxygen atoms in total. The van der Waals surface area contributed by atoms with Gasteiger partial charge < -0.3 is 4.74 Å². The molecule has 0 radical (unpaired) electrons. The fourth-order valence-corrected chi connectivity index (χ4v) is 2.99. The third kappa shape index (κ3) is 1.65. The van der Waals surface area contributed by atoms with Crippen molar-refractivity contribution in [1.82, 2.24) is 9.78 Å². The average molecular weight is 242 g/mol. The summed E-state index contributed by atoms with van der Waals surface area (Å²) in [6.07, 6.45) is 8.36. The number of aromatic nitrogens is 2. The van der Waals surface area contributed by atoms with E-state index in [1.807, 2.05) is 6.20 Å². The average Bonchev–Trinajstić information content (AvgIpc) is 3.18. The first-order chi connectivity index (χ1) is 8.93. The molecule has 1 atom stereocenters. The summed E-state index contributed by atoms with van der Waals surface area (Å²) in [5.74, 6) is 0.777. The van der Waals surface area contributed by atoms with Gasteiger partial charge in [-0.1, -0.05) is 12.1 Å². The van der Waals surface area contributed by atoms with Crippen molar-refractivity contribution in [1.29, 1.82) is 0 Å². The van der Waals surface area contributed by atoms with Gasteiger partial charge in [-0.05, 0) is 49.7 Å². The van der Waals surface area contributed by atoms with Crippen LogP contribution in [0.25, 0.3) is 10.9 Å². The van der Waals surface area contributed by atoms with Crippen molar-refractivity contribution in [2.75, 3.05) is 6.61 Å². The molecule has 0 spiro atoms. The van der Waals surface area contributed by atoms with Crippen LogP contribution in [0.2, 0.25) is 0 Å². The number of ether oxygens (including phenoxy) is 1. The first-order valence-electron chi connectivity index (χ1n) is 7.01. The van der Waals surface area contributed by atoms with Crippen molar-refractivity contribution >= 4 is 10.9 Å². The van der Waals surface area contributed by atoms with Crippen LogP contribution in [0.3, 0.4) is 0 Å². The summed E-state index contributed by atoms with van der Waals surface area (Å²) >= 11 is 0. The van der Waals surface area contributed by atoms with Crippen molar-refractivity contribution in [3.63, 3.8) is 0 Å².